The maximum Gasteiger partial charge on any atom is 0.416 e. The van der Waals surface area contributed by atoms with Crippen molar-refractivity contribution in [3.8, 4) is 22.6 Å². The van der Waals surface area contributed by atoms with Gasteiger partial charge in [-0.25, -0.2) is 0 Å². The van der Waals surface area contributed by atoms with Gasteiger partial charge in [0.05, 0.1) is 12.2 Å². The average Bonchev–Trinajstić information content (AvgIpc) is 3.22. The summed E-state index contributed by atoms with van der Waals surface area (Å²) in [5, 5.41) is 9.46. The first-order chi connectivity index (χ1) is 14.9. The molecule has 4 rings (SSSR count). The van der Waals surface area contributed by atoms with Crippen molar-refractivity contribution in [2.45, 2.75) is 31.6 Å². The number of benzene rings is 3. The number of hydrogen-bond acceptors (Lipinski definition) is 3. The molecule has 6 heteroatoms. The van der Waals surface area contributed by atoms with Gasteiger partial charge in [-0.05, 0) is 72.5 Å². The van der Waals surface area contributed by atoms with Gasteiger partial charge in [-0.3, -0.25) is 4.90 Å². The Labute approximate surface area is 179 Å². The van der Waals surface area contributed by atoms with Crippen molar-refractivity contribution in [2.75, 3.05) is 13.2 Å². The molecule has 0 radical (unpaired) electrons. The topological polar surface area (TPSA) is 32.7 Å². The number of nitrogens with zero attached hydrogens (tertiary/aromatic N) is 1. The van der Waals surface area contributed by atoms with E-state index in [4.69, 9.17) is 4.74 Å². The summed E-state index contributed by atoms with van der Waals surface area (Å²) in [7, 11) is 0. The summed E-state index contributed by atoms with van der Waals surface area (Å²) in [6, 6.07) is 20.5. The molecule has 1 saturated heterocycles. The molecule has 0 aromatic heterocycles. The van der Waals surface area contributed by atoms with E-state index in [1.165, 1.54) is 12.1 Å². The van der Waals surface area contributed by atoms with Gasteiger partial charge in [-0.15, -0.1) is 0 Å². The molecule has 0 amide bonds. The standard InChI is InChI=1S/C25H24F3NO2/c26-25(27,28)21-10-8-19(9-11-21)20-3-1-5-24(15-20)31-23-12-6-18(7-13-23)16-29-14-2-4-22(29)17-30/h1,3,5-13,15,22,30H,2,4,14,16-17H2/t22-/m1/s1. The Balaban J connectivity index is 1.43. The lowest BCUT2D eigenvalue weighted by molar-refractivity contribution is -0.137. The number of hydrogen-bond donors (Lipinski definition) is 1. The lowest BCUT2D eigenvalue weighted by Gasteiger charge is -2.22. The third-order valence-corrected chi connectivity index (χ3v) is 5.63. The van der Waals surface area contributed by atoms with Gasteiger partial charge >= 0.3 is 6.18 Å². The Hall–Kier alpha value is -2.83. The van der Waals surface area contributed by atoms with Crippen molar-refractivity contribution >= 4 is 0 Å². The molecule has 1 fully saturated rings. The van der Waals surface area contributed by atoms with Crippen LogP contribution in [0.3, 0.4) is 0 Å². The number of halogens is 3. The molecule has 0 saturated carbocycles. The fourth-order valence-electron chi connectivity index (χ4n) is 3.93. The molecular formula is C25H24F3NO2. The highest BCUT2D eigenvalue weighted by Crippen LogP contribution is 2.32. The van der Waals surface area contributed by atoms with Gasteiger partial charge in [-0.1, -0.05) is 36.4 Å². The van der Waals surface area contributed by atoms with Crippen molar-refractivity contribution in [2.24, 2.45) is 0 Å². The van der Waals surface area contributed by atoms with Crippen molar-refractivity contribution in [1.82, 2.24) is 4.90 Å². The maximum atomic E-state index is 12.8. The van der Waals surface area contributed by atoms with Gasteiger partial charge in [0, 0.05) is 12.6 Å². The fourth-order valence-corrected chi connectivity index (χ4v) is 3.93. The second-order valence-electron chi connectivity index (χ2n) is 7.80. The van der Waals surface area contributed by atoms with Crippen LogP contribution in [0.1, 0.15) is 24.0 Å². The SMILES string of the molecule is OC[C@H]1CCCN1Cc1ccc(Oc2cccc(-c3ccc(C(F)(F)F)cc3)c2)cc1. The monoisotopic (exact) mass is 427 g/mol. The van der Waals surface area contributed by atoms with E-state index in [1.54, 1.807) is 0 Å². The van der Waals surface area contributed by atoms with E-state index in [1.807, 2.05) is 48.5 Å². The molecule has 1 atom stereocenters. The van der Waals surface area contributed by atoms with Crippen molar-refractivity contribution in [1.29, 1.82) is 0 Å². The fraction of sp³-hybridized carbons (Fsp3) is 0.280. The summed E-state index contributed by atoms with van der Waals surface area (Å²) in [4.78, 5) is 2.30. The van der Waals surface area contributed by atoms with E-state index >= 15 is 0 Å². The maximum absolute atomic E-state index is 12.8. The molecule has 3 aromatic carbocycles. The number of ether oxygens (including phenoxy) is 1. The van der Waals surface area contributed by atoms with E-state index in [0.29, 0.717) is 17.1 Å². The van der Waals surface area contributed by atoms with Gasteiger partial charge in [-0.2, -0.15) is 13.2 Å². The molecule has 1 heterocycles. The highest BCUT2D eigenvalue weighted by Gasteiger charge is 2.30. The van der Waals surface area contributed by atoms with Crippen LogP contribution in [0.4, 0.5) is 13.2 Å². The molecule has 162 valence electrons. The van der Waals surface area contributed by atoms with Crippen LogP contribution >= 0.6 is 0 Å². The predicted octanol–water partition coefficient (Wildman–Crippen LogP) is 6.12. The molecular weight excluding hydrogens is 403 g/mol. The van der Waals surface area contributed by atoms with Crippen LogP contribution in [0.25, 0.3) is 11.1 Å². The average molecular weight is 427 g/mol. The molecule has 3 nitrogen and oxygen atoms in total. The van der Waals surface area contributed by atoms with Gasteiger partial charge in [0.1, 0.15) is 11.5 Å². The van der Waals surface area contributed by atoms with E-state index in [0.717, 1.165) is 49.2 Å². The van der Waals surface area contributed by atoms with Crippen LogP contribution in [0.5, 0.6) is 11.5 Å². The minimum Gasteiger partial charge on any atom is -0.457 e. The Morgan fingerprint density at radius 2 is 1.65 bits per heavy atom. The summed E-state index contributed by atoms with van der Waals surface area (Å²) >= 11 is 0. The largest absolute Gasteiger partial charge is 0.457 e. The van der Waals surface area contributed by atoms with E-state index in [-0.39, 0.29) is 12.6 Å². The lowest BCUT2D eigenvalue weighted by Crippen LogP contribution is -2.31. The van der Waals surface area contributed by atoms with Crippen LogP contribution in [0.2, 0.25) is 0 Å². The zero-order chi connectivity index (χ0) is 21.8. The first-order valence-electron chi connectivity index (χ1n) is 10.3. The number of aliphatic hydroxyl groups excluding tert-OH is 1. The quantitative estimate of drug-likeness (QED) is 0.514. The Bertz CT molecular complexity index is 1000. The molecule has 0 aliphatic carbocycles. The smallest absolute Gasteiger partial charge is 0.416 e. The third kappa shape index (κ3) is 5.27. The molecule has 0 unspecified atom stereocenters. The van der Waals surface area contributed by atoms with Crippen LogP contribution in [-0.4, -0.2) is 29.2 Å². The van der Waals surface area contributed by atoms with Crippen LogP contribution < -0.4 is 4.74 Å². The highest BCUT2D eigenvalue weighted by atomic mass is 19.4. The number of alkyl halides is 3. The Kier molecular flexibility index (Phi) is 6.30. The highest BCUT2D eigenvalue weighted by molar-refractivity contribution is 5.65. The summed E-state index contributed by atoms with van der Waals surface area (Å²) in [6.45, 7) is 1.99. The second kappa shape index (κ2) is 9.12. The Morgan fingerprint density at radius 1 is 0.903 bits per heavy atom. The summed E-state index contributed by atoms with van der Waals surface area (Å²) in [5.74, 6) is 1.30. The van der Waals surface area contributed by atoms with Crippen LogP contribution in [0.15, 0.2) is 72.8 Å². The van der Waals surface area contributed by atoms with Crippen LogP contribution in [-0.2, 0) is 12.7 Å². The zero-order valence-electron chi connectivity index (χ0n) is 17.0. The summed E-state index contributed by atoms with van der Waals surface area (Å²) in [6.07, 6.45) is -2.20. The molecule has 0 bridgehead atoms. The summed E-state index contributed by atoms with van der Waals surface area (Å²) in [5.41, 5.74) is 1.97. The van der Waals surface area contributed by atoms with E-state index in [9.17, 15) is 18.3 Å². The van der Waals surface area contributed by atoms with Gasteiger partial charge in [0.2, 0.25) is 0 Å². The molecule has 3 aromatic rings. The summed E-state index contributed by atoms with van der Waals surface area (Å²) < 4.78 is 44.3. The normalized spacial score (nSPS) is 17.1. The van der Waals surface area contributed by atoms with Gasteiger partial charge in [0.25, 0.3) is 0 Å². The minimum atomic E-state index is -4.34. The zero-order valence-corrected chi connectivity index (χ0v) is 17.0. The van der Waals surface area contributed by atoms with Gasteiger partial charge in [0.15, 0.2) is 0 Å². The van der Waals surface area contributed by atoms with E-state index < -0.39 is 11.7 Å². The van der Waals surface area contributed by atoms with Crippen molar-refractivity contribution in [3.05, 3.63) is 83.9 Å². The van der Waals surface area contributed by atoms with Crippen molar-refractivity contribution < 1.29 is 23.0 Å². The number of likely N-dealkylation sites (tertiary alicyclic amines) is 1. The number of rotatable bonds is 6. The molecule has 1 aliphatic rings. The first-order valence-corrected chi connectivity index (χ1v) is 10.3. The molecule has 31 heavy (non-hydrogen) atoms. The molecule has 1 N–H and O–H groups in total. The molecule has 1 aliphatic heterocycles. The Morgan fingerprint density at radius 3 is 2.32 bits per heavy atom. The third-order valence-electron chi connectivity index (χ3n) is 5.63. The van der Waals surface area contributed by atoms with Gasteiger partial charge < -0.3 is 9.84 Å². The second-order valence-corrected chi connectivity index (χ2v) is 7.80. The van der Waals surface area contributed by atoms with Crippen LogP contribution in [0, 0.1) is 0 Å². The first kappa shape index (κ1) is 21.4. The minimum absolute atomic E-state index is 0.191. The lowest BCUT2D eigenvalue weighted by atomic mass is 10.0. The predicted molar refractivity (Wildman–Crippen MR) is 114 cm³/mol. The van der Waals surface area contributed by atoms with Crippen molar-refractivity contribution in [3.63, 3.8) is 0 Å². The number of aliphatic hydroxyl groups is 1. The molecule has 0 spiro atoms. The van der Waals surface area contributed by atoms with E-state index in [2.05, 4.69) is 4.90 Å².